The van der Waals surface area contributed by atoms with E-state index in [-0.39, 0.29) is 22.4 Å². The molecule has 3 aromatic rings. The number of carbonyl (C=O) groups is 1. The number of nitriles is 1. The van der Waals surface area contributed by atoms with Crippen LogP contribution in [0.3, 0.4) is 0 Å². The first-order valence-corrected chi connectivity index (χ1v) is 9.15. The van der Waals surface area contributed by atoms with E-state index in [2.05, 4.69) is 21.6 Å². The molecule has 29 heavy (non-hydrogen) atoms. The second-order valence-corrected chi connectivity index (χ2v) is 7.05. The van der Waals surface area contributed by atoms with Crippen molar-refractivity contribution in [1.82, 2.24) is 15.5 Å². The highest BCUT2D eigenvalue weighted by atomic mass is 35.5. The number of halogens is 3. The average molecular weight is 415 g/mol. The van der Waals surface area contributed by atoms with E-state index in [4.69, 9.17) is 11.6 Å². The molecule has 148 valence electrons. The predicted molar refractivity (Wildman–Crippen MR) is 105 cm³/mol. The first-order valence-electron chi connectivity index (χ1n) is 8.77. The second-order valence-electron chi connectivity index (χ2n) is 6.61. The number of amides is 1. The third-order valence-corrected chi connectivity index (χ3v) is 4.92. The smallest absolute Gasteiger partial charge is 0.255 e. The Kier molecular flexibility index (Phi) is 5.95. The fourth-order valence-corrected chi connectivity index (χ4v) is 3.30. The molecule has 0 bridgehead atoms. The van der Waals surface area contributed by atoms with Crippen LogP contribution in [-0.4, -0.2) is 16.1 Å². The van der Waals surface area contributed by atoms with E-state index in [1.807, 2.05) is 0 Å². The minimum Gasteiger partial charge on any atom is -0.344 e. The van der Waals surface area contributed by atoms with Gasteiger partial charge in [0.15, 0.2) is 0 Å². The largest absolute Gasteiger partial charge is 0.344 e. The molecule has 1 amide bonds. The van der Waals surface area contributed by atoms with Crippen molar-refractivity contribution in [2.75, 3.05) is 0 Å². The zero-order chi connectivity index (χ0) is 21.1. The number of rotatable bonds is 5. The molecule has 0 spiro atoms. The zero-order valence-electron chi connectivity index (χ0n) is 15.6. The highest BCUT2D eigenvalue weighted by Crippen LogP contribution is 2.30. The molecule has 3 rings (SSSR count). The molecule has 8 heteroatoms. The molecule has 0 aliphatic carbocycles. The Morgan fingerprint density at radius 1 is 1.28 bits per heavy atom. The van der Waals surface area contributed by atoms with Crippen LogP contribution in [0.1, 0.15) is 34.5 Å². The third kappa shape index (κ3) is 4.13. The van der Waals surface area contributed by atoms with Crippen molar-refractivity contribution in [2.24, 2.45) is 5.92 Å². The van der Waals surface area contributed by atoms with E-state index in [0.717, 1.165) is 12.1 Å². The Bertz CT molecular complexity index is 1110. The van der Waals surface area contributed by atoms with Gasteiger partial charge in [0.2, 0.25) is 0 Å². The van der Waals surface area contributed by atoms with E-state index in [9.17, 15) is 18.8 Å². The molecule has 0 fully saturated rings. The van der Waals surface area contributed by atoms with Crippen molar-refractivity contribution in [3.8, 4) is 17.3 Å². The lowest BCUT2D eigenvalue weighted by Gasteiger charge is -2.21. The molecule has 1 aromatic heterocycles. The fourth-order valence-electron chi connectivity index (χ4n) is 3.10. The lowest BCUT2D eigenvalue weighted by Crippen LogP contribution is -2.32. The summed E-state index contributed by atoms with van der Waals surface area (Å²) in [7, 11) is 0. The molecule has 0 aliphatic rings. The van der Waals surface area contributed by atoms with Crippen LogP contribution in [0, 0.1) is 35.8 Å². The summed E-state index contributed by atoms with van der Waals surface area (Å²) < 4.78 is 28.3. The average Bonchev–Trinajstić information content (AvgIpc) is 3.18. The molecule has 2 atom stereocenters. The summed E-state index contributed by atoms with van der Waals surface area (Å²) in [5.41, 5.74) is 0.736. The Labute approximate surface area is 171 Å². The maximum atomic E-state index is 14.4. The lowest BCUT2D eigenvalue weighted by atomic mass is 9.95. The molecule has 0 radical (unpaired) electrons. The first kappa shape index (κ1) is 20.5. The van der Waals surface area contributed by atoms with E-state index < -0.39 is 29.5 Å². The van der Waals surface area contributed by atoms with Crippen LogP contribution in [0.4, 0.5) is 8.78 Å². The quantitative estimate of drug-likeness (QED) is 0.619. The molecule has 0 unspecified atom stereocenters. The van der Waals surface area contributed by atoms with Crippen LogP contribution in [0.2, 0.25) is 5.02 Å². The predicted octanol–water partition coefficient (Wildman–Crippen LogP) is 4.95. The summed E-state index contributed by atoms with van der Waals surface area (Å²) in [5.74, 6) is -2.43. The minimum atomic E-state index is -0.681. The van der Waals surface area contributed by atoms with Gasteiger partial charge >= 0.3 is 0 Å². The highest BCUT2D eigenvalue weighted by molar-refractivity contribution is 6.30. The van der Waals surface area contributed by atoms with Crippen LogP contribution >= 0.6 is 11.6 Å². The van der Waals surface area contributed by atoms with Crippen LogP contribution in [0.5, 0.6) is 0 Å². The normalized spacial score (nSPS) is 12.8. The molecule has 0 saturated carbocycles. The number of nitrogens with one attached hydrogen (secondary N) is 2. The molecule has 2 aromatic carbocycles. The number of H-pyrrole nitrogens is 1. The summed E-state index contributed by atoms with van der Waals surface area (Å²) in [4.78, 5) is 13.0. The topological polar surface area (TPSA) is 81.6 Å². The van der Waals surface area contributed by atoms with Crippen molar-refractivity contribution in [3.63, 3.8) is 0 Å². The molecule has 0 aliphatic heterocycles. The van der Waals surface area contributed by atoms with Crippen molar-refractivity contribution in [1.29, 1.82) is 5.26 Å². The van der Waals surface area contributed by atoms with Crippen LogP contribution in [0.15, 0.2) is 42.6 Å². The summed E-state index contributed by atoms with van der Waals surface area (Å²) in [6, 6.07) is 10.3. The summed E-state index contributed by atoms with van der Waals surface area (Å²) >= 11 is 6.04. The van der Waals surface area contributed by atoms with Crippen LogP contribution < -0.4 is 5.32 Å². The summed E-state index contributed by atoms with van der Waals surface area (Å²) in [5, 5.41) is 19.0. The van der Waals surface area contributed by atoms with Gasteiger partial charge in [-0.3, -0.25) is 9.89 Å². The minimum absolute atomic E-state index is 0.0368. The Hall–Kier alpha value is -3.24. The van der Waals surface area contributed by atoms with Gasteiger partial charge < -0.3 is 5.32 Å². The van der Waals surface area contributed by atoms with Gasteiger partial charge in [-0.15, -0.1) is 0 Å². The van der Waals surface area contributed by atoms with Crippen molar-refractivity contribution >= 4 is 17.5 Å². The molecule has 1 heterocycles. The maximum absolute atomic E-state index is 14.4. The fraction of sp³-hybridized carbons (Fsp3) is 0.190. The number of carbonyl (C=O) groups excluding carboxylic acids is 1. The lowest BCUT2D eigenvalue weighted by molar-refractivity contribution is 0.0930. The van der Waals surface area contributed by atoms with Crippen molar-refractivity contribution < 1.29 is 13.6 Å². The third-order valence-electron chi connectivity index (χ3n) is 4.68. The van der Waals surface area contributed by atoms with Gasteiger partial charge in [-0.1, -0.05) is 23.7 Å². The number of aromatic amines is 1. The first-order chi connectivity index (χ1) is 13.8. The Morgan fingerprint density at radius 2 is 2.00 bits per heavy atom. The highest BCUT2D eigenvalue weighted by Gasteiger charge is 2.26. The van der Waals surface area contributed by atoms with Crippen LogP contribution in [0.25, 0.3) is 11.3 Å². The second kappa shape index (κ2) is 8.41. The number of nitrogens with zero attached hydrogens (tertiary/aromatic N) is 2. The standard InChI is InChI=1S/C21H17ClF2N4O/c1-11(9-25)19(13-4-3-5-14(22)8-13)27-21(29)15-10-26-28-20(15)18-12(2)16(23)6-7-17(18)24/h3-8,10-11,19H,1-2H3,(H,26,28)(H,27,29)/t11-,19-/m0/s1. The monoisotopic (exact) mass is 414 g/mol. The Balaban J connectivity index is 1.99. The van der Waals surface area contributed by atoms with Gasteiger partial charge in [-0.05, 0) is 49.2 Å². The SMILES string of the molecule is Cc1c(F)ccc(F)c1-c1[nH]ncc1C(=O)N[C@H](c1cccc(Cl)c1)[C@@H](C)C#N. The summed E-state index contributed by atoms with van der Waals surface area (Å²) in [6.45, 7) is 3.08. The number of hydrogen-bond acceptors (Lipinski definition) is 3. The van der Waals surface area contributed by atoms with Crippen LogP contribution in [-0.2, 0) is 0 Å². The maximum Gasteiger partial charge on any atom is 0.255 e. The van der Waals surface area contributed by atoms with Gasteiger partial charge in [0.25, 0.3) is 5.91 Å². The van der Waals surface area contributed by atoms with Gasteiger partial charge in [0.05, 0.1) is 35.5 Å². The molecular formula is C21H17ClF2N4O. The van der Waals surface area contributed by atoms with Crippen molar-refractivity contribution in [2.45, 2.75) is 19.9 Å². The van der Waals surface area contributed by atoms with Gasteiger partial charge in [0, 0.05) is 10.6 Å². The number of benzene rings is 2. The van der Waals surface area contributed by atoms with E-state index in [1.165, 1.54) is 13.1 Å². The number of hydrogen-bond donors (Lipinski definition) is 2. The van der Waals surface area contributed by atoms with Crippen molar-refractivity contribution in [3.05, 3.63) is 75.9 Å². The Morgan fingerprint density at radius 3 is 2.69 bits per heavy atom. The van der Waals surface area contributed by atoms with E-state index in [0.29, 0.717) is 10.6 Å². The van der Waals surface area contributed by atoms with Gasteiger partial charge in [0.1, 0.15) is 11.6 Å². The molecule has 2 N–H and O–H groups in total. The van der Waals surface area contributed by atoms with Gasteiger partial charge in [-0.2, -0.15) is 10.4 Å². The van der Waals surface area contributed by atoms with E-state index >= 15 is 0 Å². The zero-order valence-corrected chi connectivity index (χ0v) is 16.4. The molecule has 5 nitrogen and oxygen atoms in total. The molecule has 0 saturated heterocycles. The summed E-state index contributed by atoms with van der Waals surface area (Å²) in [6.07, 6.45) is 1.24. The number of aromatic nitrogens is 2. The van der Waals surface area contributed by atoms with Gasteiger partial charge in [-0.25, -0.2) is 8.78 Å². The molecular weight excluding hydrogens is 398 g/mol. The van der Waals surface area contributed by atoms with E-state index in [1.54, 1.807) is 31.2 Å².